The number of hydrogen-bond donors (Lipinski definition) is 1. The van der Waals surface area contributed by atoms with Gasteiger partial charge < -0.3 is 10.2 Å². The standard InChI is InChI=1S/C16H18FN3/c17-14-5-3-13(4-6-14)11-18-15-7-8-16(19-12-15)20-9-1-2-10-20/h3-8,12,18H,1-2,9-11H2. The van der Waals surface area contributed by atoms with Crippen LogP contribution in [0.25, 0.3) is 0 Å². The maximum Gasteiger partial charge on any atom is 0.128 e. The van der Waals surface area contributed by atoms with E-state index in [1.165, 1.54) is 25.0 Å². The number of halogens is 1. The summed E-state index contributed by atoms with van der Waals surface area (Å²) in [5, 5.41) is 3.29. The molecule has 4 heteroatoms. The number of nitrogens with one attached hydrogen (secondary N) is 1. The van der Waals surface area contributed by atoms with Crippen molar-refractivity contribution in [1.29, 1.82) is 0 Å². The Morgan fingerprint density at radius 2 is 1.80 bits per heavy atom. The Bertz CT molecular complexity index is 545. The van der Waals surface area contributed by atoms with E-state index in [0.29, 0.717) is 6.54 Å². The molecule has 2 heterocycles. The first-order chi connectivity index (χ1) is 9.81. The zero-order chi connectivity index (χ0) is 13.8. The van der Waals surface area contributed by atoms with E-state index in [0.717, 1.165) is 30.2 Å². The van der Waals surface area contributed by atoms with Crippen molar-refractivity contribution in [3.63, 3.8) is 0 Å². The van der Waals surface area contributed by atoms with Gasteiger partial charge in [-0.25, -0.2) is 9.37 Å². The molecule has 2 aromatic rings. The number of hydrogen-bond acceptors (Lipinski definition) is 3. The molecule has 0 saturated carbocycles. The van der Waals surface area contributed by atoms with E-state index >= 15 is 0 Å². The maximum absolute atomic E-state index is 12.8. The lowest BCUT2D eigenvalue weighted by Crippen LogP contribution is -2.18. The lowest BCUT2D eigenvalue weighted by Gasteiger charge is -2.16. The third-order valence-corrected chi connectivity index (χ3v) is 3.59. The van der Waals surface area contributed by atoms with Gasteiger partial charge in [0.15, 0.2) is 0 Å². The molecule has 0 bridgehead atoms. The highest BCUT2D eigenvalue weighted by molar-refractivity contribution is 5.49. The highest BCUT2D eigenvalue weighted by Crippen LogP contribution is 2.19. The van der Waals surface area contributed by atoms with Gasteiger partial charge in [0.1, 0.15) is 11.6 Å². The molecule has 0 atom stereocenters. The van der Waals surface area contributed by atoms with Gasteiger partial charge in [0.05, 0.1) is 11.9 Å². The fourth-order valence-electron chi connectivity index (χ4n) is 2.43. The summed E-state index contributed by atoms with van der Waals surface area (Å²) in [6.07, 6.45) is 4.37. The number of nitrogens with zero attached hydrogens (tertiary/aromatic N) is 2. The molecular formula is C16H18FN3. The molecule has 3 rings (SSSR count). The number of anilines is 2. The van der Waals surface area contributed by atoms with Crippen LogP contribution in [-0.2, 0) is 6.54 Å². The van der Waals surface area contributed by atoms with Gasteiger partial charge in [-0.15, -0.1) is 0 Å². The molecule has 1 fully saturated rings. The summed E-state index contributed by atoms with van der Waals surface area (Å²) >= 11 is 0. The van der Waals surface area contributed by atoms with Gasteiger partial charge in [-0.2, -0.15) is 0 Å². The van der Waals surface area contributed by atoms with Crippen LogP contribution in [0.5, 0.6) is 0 Å². The SMILES string of the molecule is Fc1ccc(CNc2ccc(N3CCCC3)nc2)cc1. The highest BCUT2D eigenvalue weighted by Gasteiger charge is 2.12. The van der Waals surface area contributed by atoms with Crippen LogP contribution in [0.2, 0.25) is 0 Å². The Labute approximate surface area is 118 Å². The van der Waals surface area contributed by atoms with Crippen LogP contribution in [0.3, 0.4) is 0 Å². The Balaban J connectivity index is 1.59. The first-order valence-electron chi connectivity index (χ1n) is 7.00. The van der Waals surface area contributed by atoms with Crippen molar-refractivity contribution in [2.45, 2.75) is 19.4 Å². The summed E-state index contributed by atoms with van der Waals surface area (Å²) in [5.74, 6) is 0.847. The minimum atomic E-state index is -0.203. The fourth-order valence-corrected chi connectivity index (χ4v) is 2.43. The van der Waals surface area contributed by atoms with Crippen molar-refractivity contribution in [3.8, 4) is 0 Å². The van der Waals surface area contributed by atoms with Crippen LogP contribution >= 0.6 is 0 Å². The average molecular weight is 271 g/mol. The molecule has 1 N–H and O–H groups in total. The second-order valence-electron chi connectivity index (χ2n) is 5.08. The van der Waals surface area contributed by atoms with Gasteiger partial charge in [-0.05, 0) is 42.7 Å². The second kappa shape index (κ2) is 5.90. The average Bonchev–Trinajstić information content (AvgIpc) is 3.01. The molecule has 0 aliphatic carbocycles. The molecule has 0 unspecified atom stereocenters. The Hall–Kier alpha value is -2.10. The van der Waals surface area contributed by atoms with Crippen LogP contribution < -0.4 is 10.2 Å². The molecule has 3 nitrogen and oxygen atoms in total. The quantitative estimate of drug-likeness (QED) is 0.923. The predicted octanol–water partition coefficient (Wildman–Crippen LogP) is 3.43. The molecule has 20 heavy (non-hydrogen) atoms. The Kier molecular flexibility index (Phi) is 3.81. The zero-order valence-corrected chi connectivity index (χ0v) is 11.3. The molecule has 1 aliphatic heterocycles. The summed E-state index contributed by atoms with van der Waals surface area (Å²) in [4.78, 5) is 6.80. The molecule has 0 amide bonds. The topological polar surface area (TPSA) is 28.2 Å². The summed E-state index contributed by atoms with van der Waals surface area (Å²) in [6.45, 7) is 2.88. The van der Waals surface area contributed by atoms with Crippen molar-refractivity contribution in [2.24, 2.45) is 0 Å². The summed E-state index contributed by atoms with van der Waals surface area (Å²) in [7, 11) is 0. The smallest absolute Gasteiger partial charge is 0.128 e. The summed E-state index contributed by atoms with van der Waals surface area (Å²) in [5.41, 5.74) is 2.03. The van der Waals surface area contributed by atoms with Crippen molar-refractivity contribution in [3.05, 3.63) is 54.0 Å². The lowest BCUT2D eigenvalue weighted by molar-refractivity contribution is 0.627. The number of aromatic nitrogens is 1. The molecule has 1 aromatic heterocycles. The second-order valence-corrected chi connectivity index (χ2v) is 5.08. The van der Waals surface area contributed by atoms with Gasteiger partial charge in [0.2, 0.25) is 0 Å². The first-order valence-corrected chi connectivity index (χ1v) is 7.00. The third-order valence-electron chi connectivity index (χ3n) is 3.59. The number of pyridine rings is 1. The molecule has 1 aliphatic rings. The van der Waals surface area contributed by atoms with Gasteiger partial charge in [-0.1, -0.05) is 12.1 Å². The van der Waals surface area contributed by atoms with Crippen LogP contribution in [-0.4, -0.2) is 18.1 Å². The first kappa shape index (κ1) is 12.9. The van der Waals surface area contributed by atoms with Crippen LogP contribution in [0.15, 0.2) is 42.6 Å². The van der Waals surface area contributed by atoms with Crippen molar-refractivity contribution >= 4 is 11.5 Å². The van der Waals surface area contributed by atoms with Crippen LogP contribution in [0, 0.1) is 5.82 Å². The van der Waals surface area contributed by atoms with E-state index in [4.69, 9.17) is 0 Å². The van der Waals surface area contributed by atoms with Crippen molar-refractivity contribution in [1.82, 2.24) is 4.98 Å². The molecule has 1 saturated heterocycles. The Morgan fingerprint density at radius 3 is 2.45 bits per heavy atom. The third kappa shape index (κ3) is 3.07. The van der Waals surface area contributed by atoms with Crippen LogP contribution in [0.1, 0.15) is 18.4 Å². The van der Waals surface area contributed by atoms with E-state index in [1.807, 2.05) is 12.3 Å². The van der Waals surface area contributed by atoms with E-state index in [9.17, 15) is 4.39 Å². The van der Waals surface area contributed by atoms with E-state index in [1.54, 1.807) is 12.1 Å². The zero-order valence-electron chi connectivity index (χ0n) is 11.3. The molecule has 104 valence electrons. The predicted molar refractivity (Wildman–Crippen MR) is 79.4 cm³/mol. The molecule has 1 aromatic carbocycles. The molecule has 0 radical (unpaired) electrons. The van der Waals surface area contributed by atoms with E-state index < -0.39 is 0 Å². The monoisotopic (exact) mass is 271 g/mol. The van der Waals surface area contributed by atoms with E-state index in [2.05, 4.69) is 21.3 Å². The lowest BCUT2D eigenvalue weighted by atomic mass is 10.2. The van der Waals surface area contributed by atoms with Gasteiger partial charge in [-0.3, -0.25) is 0 Å². The molecular weight excluding hydrogens is 253 g/mol. The summed E-state index contributed by atoms with van der Waals surface area (Å²) < 4.78 is 12.8. The van der Waals surface area contributed by atoms with Crippen molar-refractivity contribution in [2.75, 3.05) is 23.3 Å². The molecule has 0 spiro atoms. The maximum atomic E-state index is 12.8. The largest absolute Gasteiger partial charge is 0.380 e. The Morgan fingerprint density at radius 1 is 1.05 bits per heavy atom. The van der Waals surface area contributed by atoms with Gasteiger partial charge in [0.25, 0.3) is 0 Å². The minimum Gasteiger partial charge on any atom is -0.380 e. The normalized spacial score (nSPS) is 14.6. The minimum absolute atomic E-state index is 0.203. The fraction of sp³-hybridized carbons (Fsp3) is 0.312. The van der Waals surface area contributed by atoms with E-state index in [-0.39, 0.29) is 5.82 Å². The van der Waals surface area contributed by atoms with Crippen LogP contribution in [0.4, 0.5) is 15.9 Å². The summed E-state index contributed by atoms with van der Waals surface area (Å²) in [6, 6.07) is 10.6. The van der Waals surface area contributed by atoms with Gasteiger partial charge >= 0.3 is 0 Å². The number of rotatable bonds is 4. The number of benzene rings is 1. The van der Waals surface area contributed by atoms with Gasteiger partial charge in [0, 0.05) is 19.6 Å². The highest BCUT2D eigenvalue weighted by atomic mass is 19.1. The van der Waals surface area contributed by atoms with Crippen molar-refractivity contribution < 1.29 is 4.39 Å².